The smallest absolute Gasteiger partial charge is 0.178 e. The van der Waals surface area contributed by atoms with Crippen LogP contribution >= 0.6 is 0 Å². The molecule has 1 aromatic heterocycles. The van der Waals surface area contributed by atoms with Crippen LogP contribution in [0.5, 0.6) is 0 Å². The van der Waals surface area contributed by atoms with E-state index >= 15 is 0 Å². The number of rotatable bonds is 7. The lowest BCUT2D eigenvalue weighted by Crippen LogP contribution is -2.07. The minimum atomic E-state index is -3.13. The molecule has 0 atom stereocenters. The fourth-order valence-corrected chi connectivity index (χ4v) is 2.96. The third-order valence-corrected chi connectivity index (χ3v) is 5.08. The summed E-state index contributed by atoms with van der Waals surface area (Å²) in [4.78, 5) is 4.52. The molecule has 5 nitrogen and oxygen atoms in total. The van der Waals surface area contributed by atoms with E-state index in [1.165, 1.54) is 0 Å². The van der Waals surface area contributed by atoms with E-state index in [1.807, 2.05) is 12.5 Å². The molecule has 1 aromatic carbocycles. The molecule has 6 heteroatoms. The first kappa shape index (κ1) is 15.6. The maximum Gasteiger partial charge on any atom is 0.178 e. The summed E-state index contributed by atoms with van der Waals surface area (Å²) in [6, 6.07) is 6.88. The molecular formula is C15H21N3O2S. The molecule has 0 fully saturated rings. The number of hydrogen-bond acceptors (Lipinski definition) is 4. The van der Waals surface area contributed by atoms with Gasteiger partial charge in [0.05, 0.1) is 29.2 Å². The lowest BCUT2D eigenvalue weighted by Gasteiger charge is -2.10. The molecule has 21 heavy (non-hydrogen) atoms. The monoisotopic (exact) mass is 307 g/mol. The van der Waals surface area contributed by atoms with Crippen LogP contribution in [0.15, 0.2) is 41.7 Å². The highest BCUT2D eigenvalue weighted by molar-refractivity contribution is 7.91. The summed E-state index contributed by atoms with van der Waals surface area (Å²) in [5.74, 6) is 0.121. The Morgan fingerprint density at radius 2 is 1.90 bits per heavy atom. The Bertz CT molecular complexity index is 675. The highest BCUT2D eigenvalue weighted by Crippen LogP contribution is 2.16. The normalized spacial score (nSPS) is 11.5. The van der Waals surface area contributed by atoms with Gasteiger partial charge in [0.1, 0.15) is 0 Å². The SMILES string of the molecule is CCCn1cncc1CNc1ccc(S(=O)(=O)CC)cc1. The Morgan fingerprint density at radius 1 is 1.19 bits per heavy atom. The van der Waals surface area contributed by atoms with Gasteiger partial charge in [0, 0.05) is 18.4 Å². The molecule has 0 aliphatic rings. The summed E-state index contributed by atoms with van der Waals surface area (Å²) in [6.45, 7) is 5.39. The number of hydrogen-bond donors (Lipinski definition) is 1. The van der Waals surface area contributed by atoms with Crippen molar-refractivity contribution >= 4 is 15.5 Å². The number of aromatic nitrogens is 2. The average molecular weight is 307 g/mol. The van der Waals surface area contributed by atoms with Gasteiger partial charge in [-0.1, -0.05) is 13.8 Å². The van der Waals surface area contributed by atoms with Crippen molar-refractivity contribution in [1.29, 1.82) is 0 Å². The highest BCUT2D eigenvalue weighted by atomic mass is 32.2. The van der Waals surface area contributed by atoms with Crippen molar-refractivity contribution in [2.45, 2.75) is 38.3 Å². The molecule has 114 valence electrons. The third kappa shape index (κ3) is 3.85. The van der Waals surface area contributed by atoms with E-state index in [2.05, 4.69) is 21.8 Å². The molecule has 0 amide bonds. The van der Waals surface area contributed by atoms with Gasteiger partial charge < -0.3 is 9.88 Å². The first-order chi connectivity index (χ1) is 10.1. The van der Waals surface area contributed by atoms with Crippen LogP contribution < -0.4 is 5.32 Å². The largest absolute Gasteiger partial charge is 0.379 e. The first-order valence-corrected chi connectivity index (χ1v) is 8.77. The predicted octanol–water partition coefficient (Wildman–Crippen LogP) is 2.70. The fourth-order valence-electron chi connectivity index (χ4n) is 2.08. The average Bonchev–Trinajstić information content (AvgIpc) is 2.93. The molecule has 1 heterocycles. The van der Waals surface area contributed by atoms with E-state index in [0.717, 1.165) is 24.3 Å². The molecule has 0 saturated heterocycles. The molecule has 0 bridgehead atoms. The van der Waals surface area contributed by atoms with Crippen molar-refractivity contribution < 1.29 is 8.42 Å². The molecule has 0 saturated carbocycles. The summed E-state index contributed by atoms with van der Waals surface area (Å²) < 4.78 is 25.6. The van der Waals surface area contributed by atoms with Crippen molar-refractivity contribution in [2.24, 2.45) is 0 Å². The van der Waals surface area contributed by atoms with E-state index in [4.69, 9.17) is 0 Å². The number of aryl methyl sites for hydroxylation is 1. The lowest BCUT2D eigenvalue weighted by atomic mass is 10.3. The molecular weight excluding hydrogens is 286 g/mol. The van der Waals surface area contributed by atoms with Gasteiger partial charge in [0.2, 0.25) is 0 Å². The van der Waals surface area contributed by atoms with Gasteiger partial charge in [0.25, 0.3) is 0 Å². The molecule has 0 spiro atoms. The van der Waals surface area contributed by atoms with Crippen LogP contribution in [0.1, 0.15) is 26.0 Å². The molecule has 2 rings (SSSR count). The minimum absolute atomic E-state index is 0.121. The second-order valence-corrected chi connectivity index (χ2v) is 7.14. The Morgan fingerprint density at radius 3 is 2.52 bits per heavy atom. The topological polar surface area (TPSA) is 64.0 Å². The molecule has 2 aromatic rings. The van der Waals surface area contributed by atoms with Crippen molar-refractivity contribution in [3.05, 3.63) is 42.5 Å². The number of nitrogens with zero attached hydrogens (tertiary/aromatic N) is 2. The summed E-state index contributed by atoms with van der Waals surface area (Å²) >= 11 is 0. The summed E-state index contributed by atoms with van der Waals surface area (Å²) in [5, 5.41) is 3.29. The lowest BCUT2D eigenvalue weighted by molar-refractivity contribution is 0.597. The summed E-state index contributed by atoms with van der Waals surface area (Å²) in [5.41, 5.74) is 2.01. The summed E-state index contributed by atoms with van der Waals surface area (Å²) in [6.07, 6.45) is 4.74. The molecule has 0 radical (unpaired) electrons. The standard InChI is InChI=1S/C15H21N3O2S/c1-3-9-18-12-16-10-14(18)11-17-13-5-7-15(8-6-13)21(19,20)4-2/h5-8,10,12,17H,3-4,9,11H2,1-2H3. The van der Waals surface area contributed by atoms with Crippen LogP contribution in [0.3, 0.4) is 0 Å². The second kappa shape index (κ2) is 6.76. The Labute approximate surface area is 125 Å². The number of nitrogens with one attached hydrogen (secondary N) is 1. The van der Waals surface area contributed by atoms with Crippen LogP contribution in [-0.4, -0.2) is 23.7 Å². The zero-order chi connectivity index (χ0) is 15.3. The maximum absolute atomic E-state index is 11.7. The van der Waals surface area contributed by atoms with Gasteiger partial charge >= 0.3 is 0 Å². The van der Waals surface area contributed by atoms with Gasteiger partial charge in [-0.3, -0.25) is 0 Å². The number of imidazole rings is 1. The molecule has 0 unspecified atom stereocenters. The number of anilines is 1. The number of benzene rings is 1. The van der Waals surface area contributed by atoms with Crippen molar-refractivity contribution in [3.63, 3.8) is 0 Å². The van der Waals surface area contributed by atoms with E-state index in [-0.39, 0.29) is 5.75 Å². The fraction of sp³-hybridized carbons (Fsp3) is 0.400. The van der Waals surface area contributed by atoms with Gasteiger partial charge in [-0.15, -0.1) is 0 Å². The first-order valence-electron chi connectivity index (χ1n) is 7.12. The van der Waals surface area contributed by atoms with Crippen molar-refractivity contribution in [2.75, 3.05) is 11.1 Å². The summed E-state index contributed by atoms with van der Waals surface area (Å²) in [7, 11) is -3.13. The van der Waals surface area contributed by atoms with Gasteiger partial charge in [-0.05, 0) is 30.7 Å². The quantitative estimate of drug-likeness (QED) is 0.854. The third-order valence-electron chi connectivity index (χ3n) is 3.33. The van der Waals surface area contributed by atoms with E-state index in [1.54, 1.807) is 31.2 Å². The maximum atomic E-state index is 11.7. The highest BCUT2D eigenvalue weighted by Gasteiger charge is 2.10. The van der Waals surface area contributed by atoms with Crippen LogP contribution in [0.25, 0.3) is 0 Å². The van der Waals surface area contributed by atoms with Crippen molar-refractivity contribution in [3.8, 4) is 0 Å². The minimum Gasteiger partial charge on any atom is -0.379 e. The van der Waals surface area contributed by atoms with Crippen LogP contribution in [-0.2, 0) is 22.9 Å². The van der Waals surface area contributed by atoms with Gasteiger partial charge in [0.15, 0.2) is 9.84 Å². The second-order valence-electron chi connectivity index (χ2n) is 4.86. The van der Waals surface area contributed by atoms with Crippen molar-refractivity contribution in [1.82, 2.24) is 9.55 Å². The van der Waals surface area contributed by atoms with Gasteiger partial charge in [-0.2, -0.15) is 0 Å². The van der Waals surface area contributed by atoms with Crippen LogP contribution in [0, 0.1) is 0 Å². The zero-order valence-electron chi connectivity index (χ0n) is 12.4. The Kier molecular flexibility index (Phi) is 5.01. The van der Waals surface area contributed by atoms with Crippen LogP contribution in [0.4, 0.5) is 5.69 Å². The molecule has 0 aliphatic carbocycles. The molecule has 0 aliphatic heterocycles. The van der Waals surface area contributed by atoms with Crippen LogP contribution in [0.2, 0.25) is 0 Å². The van der Waals surface area contributed by atoms with E-state index < -0.39 is 9.84 Å². The molecule has 1 N–H and O–H groups in total. The Balaban J connectivity index is 2.02. The van der Waals surface area contributed by atoms with E-state index in [9.17, 15) is 8.42 Å². The predicted molar refractivity (Wildman–Crippen MR) is 84.0 cm³/mol. The Hall–Kier alpha value is -1.82. The zero-order valence-corrected chi connectivity index (χ0v) is 13.2. The number of sulfone groups is 1. The van der Waals surface area contributed by atoms with Gasteiger partial charge in [-0.25, -0.2) is 13.4 Å². The van der Waals surface area contributed by atoms with E-state index in [0.29, 0.717) is 11.4 Å².